The van der Waals surface area contributed by atoms with Gasteiger partial charge >= 0.3 is 0 Å². The van der Waals surface area contributed by atoms with Gasteiger partial charge in [-0.3, -0.25) is 19.7 Å². The van der Waals surface area contributed by atoms with E-state index < -0.39 is 22.8 Å². The quantitative estimate of drug-likeness (QED) is 0.208. The molecular formula is C30H29ClN6O5. The van der Waals surface area contributed by atoms with Crippen molar-refractivity contribution in [1.29, 1.82) is 0 Å². The number of hydrogen-bond donors (Lipinski definition) is 2. The van der Waals surface area contributed by atoms with Crippen molar-refractivity contribution in [2.75, 3.05) is 18.6 Å². The van der Waals surface area contributed by atoms with E-state index in [0.717, 1.165) is 22.5 Å². The van der Waals surface area contributed by atoms with Gasteiger partial charge in [-0.25, -0.2) is 4.98 Å². The van der Waals surface area contributed by atoms with Gasteiger partial charge in [-0.15, -0.1) is 0 Å². The van der Waals surface area contributed by atoms with Crippen molar-refractivity contribution in [3.8, 4) is 5.75 Å². The van der Waals surface area contributed by atoms with E-state index in [9.17, 15) is 19.7 Å². The minimum atomic E-state index is -0.926. The number of non-ortho nitro benzene ring substituents is 1. The van der Waals surface area contributed by atoms with Crippen LogP contribution in [0.1, 0.15) is 39.5 Å². The van der Waals surface area contributed by atoms with Crippen LogP contribution in [-0.2, 0) is 17.8 Å². The molecule has 0 spiro atoms. The maximum absolute atomic E-state index is 13.4. The highest BCUT2D eigenvalue weighted by atomic mass is 35.5. The Balaban J connectivity index is 1.35. The molecule has 216 valence electrons. The average molecular weight is 589 g/mol. The van der Waals surface area contributed by atoms with Gasteiger partial charge in [0, 0.05) is 42.6 Å². The molecule has 42 heavy (non-hydrogen) atoms. The largest absolute Gasteiger partial charge is 0.492 e. The lowest BCUT2D eigenvalue weighted by Crippen LogP contribution is -2.46. The maximum Gasteiger partial charge on any atom is 0.269 e. The second-order valence-corrected chi connectivity index (χ2v) is 10.5. The number of amides is 2. The summed E-state index contributed by atoms with van der Waals surface area (Å²) in [5, 5.41) is 14.3. The number of ether oxygens (including phenoxy) is 1. The minimum absolute atomic E-state index is 0.0347. The number of carbonyl (C=O) groups excluding carboxylic acids is 2. The fourth-order valence-corrected chi connectivity index (χ4v) is 5.24. The highest BCUT2D eigenvalue weighted by Crippen LogP contribution is 2.39. The molecule has 1 unspecified atom stereocenters. The number of hydrogen-bond acceptors (Lipinski definition) is 7. The Hall–Kier alpha value is -4.90. The molecule has 1 aliphatic rings. The summed E-state index contributed by atoms with van der Waals surface area (Å²) in [5.41, 5.74) is 8.50. The SMILES string of the molecule is CN(c1cncn1Cc1ccc([N+](=O)[O-])cc1)C1CCOc2c(C(=O)N[C@@H](Cc3ccc(Cl)cc3)C(N)=O)cccc21. The average Bonchev–Trinajstić information content (AvgIpc) is 3.45. The molecule has 4 aromatic rings. The van der Waals surface area contributed by atoms with E-state index in [1.807, 2.05) is 17.7 Å². The fourth-order valence-electron chi connectivity index (χ4n) is 5.11. The number of imidazole rings is 1. The van der Waals surface area contributed by atoms with Crippen LogP contribution in [-0.4, -0.2) is 46.0 Å². The monoisotopic (exact) mass is 588 g/mol. The number of nitro groups is 1. The number of nitro benzene ring substituents is 1. The topological polar surface area (TPSA) is 146 Å². The Morgan fingerprint density at radius 3 is 2.57 bits per heavy atom. The Kier molecular flexibility index (Phi) is 8.39. The number of primary amides is 1. The molecule has 1 aliphatic heterocycles. The van der Waals surface area contributed by atoms with Crippen molar-refractivity contribution in [2.45, 2.75) is 31.5 Å². The summed E-state index contributed by atoms with van der Waals surface area (Å²) >= 11 is 5.96. The third-order valence-electron chi connectivity index (χ3n) is 7.31. The van der Waals surface area contributed by atoms with Crippen molar-refractivity contribution >= 4 is 34.9 Å². The van der Waals surface area contributed by atoms with Crippen LogP contribution >= 0.6 is 11.6 Å². The van der Waals surface area contributed by atoms with Gasteiger partial charge < -0.3 is 25.3 Å². The van der Waals surface area contributed by atoms with Gasteiger partial charge in [0.2, 0.25) is 5.91 Å². The molecule has 1 aromatic heterocycles. The van der Waals surface area contributed by atoms with E-state index >= 15 is 0 Å². The lowest BCUT2D eigenvalue weighted by molar-refractivity contribution is -0.384. The molecule has 3 N–H and O–H groups in total. The third-order valence-corrected chi connectivity index (χ3v) is 7.56. The standard InChI is InChI=1S/C30H29ClN6O5/c1-35(27-16-33-18-36(27)17-20-7-11-22(12-8-20)37(40)41)26-13-14-42-28-23(26)3-2-4-24(28)30(39)34-25(29(32)38)15-19-5-9-21(31)10-6-19/h2-12,16,18,25-26H,13-15,17H2,1H3,(H2,32,38)(H,34,39)/t25-,26?/m0/s1. The molecule has 0 saturated carbocycles. The second kappa shape index (κ2) is 12.3. The third kappa shape index (κ3) is 6.21. The number of halogens is 1. The highest BCUT2D eigenvalue weighted by Gasteiger charge is 2.31. The van der Waals surface area contributed by atoms with Crippen LogP contribution in [0, 0.1) is 10.1 Å². The summed E-state index contributed by atoms with van der Waals surface area (Å²) < 4.78 is 7.97. The molecule has 2 heterocycles. The van der Waals surface area contributed by atoms with Crippen LogP contribution in [0.2, 0.25) is 5.02 Å². The lowest BCUT2D eigenvalue weighted by Gasteiger charge is -2.35. The van der Waals surface area contributed by atoms with Gasteiger partial charge in [0.1, 0.15) is 17.6 Å². The van der Waals surface area contributed by atoms with E-state index in [1.54, 1.807) is 61.1 Å². The lowest BCUT2D eigenvalue weighted by atomic mass is 9.95. The number of rotatable bonds is 10. The summed E-state index contributed by atoms with van der Waals surface area (Å²) in [6, 6.07) is 17.7. The van der Waals surface area contributed by atoms with Crippen LogP contribution in [0.4, 0.5) is 11.5 Å². The Labute approximate surface area is 247 Å². The van der Waals surface area contributed by atoms with Crippen molar-refractivity contribution in [3.63, 3.8) is 0 Å². The number of nitrogens with two attached hydrogens (primary N) is 1. The summed E-state index contributed by atoms with van der Waals surface area (Å²) in [5.74, 6) is 0.172. The van der Waals surface area contributed by atoms with Crippen molar-refractivity contribution in [2.24, 2.45) is 5.73 Å². The second-order valence-electron chi connectivity index (χ2n) is 10.1. The zero-order chi connectivity index (χ0) is 29.8. The van der Waals surface area contributed by atoms with Crippen molar-refractivity contribution in [3.05, 3.63) is 117 Å². The summed E-state index contributed by atoms with van der Waals surface area (Å²) in [4.78, 5) is 42.6. The Bertz CT molecular complexity index is 1610. The molecule has 0 aliphatic carbocycles. The normalized spacial score (nSPS) is 14.8. The summed E-state index contributed by atoms with van der Waals surface area (Å²) in [7, 11) is 1.95. The molecule has 12 heteroatoms. The molecule has 0 fully saturated rings. The zero-order valence-corrected chi connectivity index (χ0v) is 23.5. The van der Waals surface area contributed by atoms with Gasteiger partial charge in [-0.2, -0.15) is 0 Å². The number of carbonyl (C=O) groups is 2. The van der Waals surface area contributed by atoms with E-state index in [1.165, 1.54) is 12.1 Å². The summed E-state index contributed by atoms with van der Waals surface area (Å²) in [6.45, 7) is 0.852. The zero-order valence-electron chi connectivity index (χ0n) is 22.8. The van der Waals surface area contributed by atoms with Crippen LogP contribution in [0.3, 0.4) is 0 Å². The molecular weight excluding hydrogens is 560 g/mol. The first kappa shape index (κ1) is 28.6. The molecule has 5 rings (SSSR count). The number of nitrogens with one attached hydrogen (secondary N) is 1. The maximum atomic E-state index is 13.4. The Morgan fingerprint density at radius 1 is 1.17 bits per heavy atom. The van der Waals surface area contributed by atoms with Crippen LogP contribution in [0.25, 0.3) is 0 Å². The van der Waals surface area contributed by atoms with Gasteiger partial charge in [0.25, 0.3) is 11.6 Å². The number of aromatic nitrogens is 2. The molecule has 3 aromatic carbocycles. The van der Waals surface area contributed by atoms with E-state index in [-0.39, 0.29) is 18.2 Å². The minimum Gasteiger partial charge on any atom is -0.492 e. The predicted octanol–water partition coefficient (Wildman–Crippen LogP) is 4.28. The van der Waals surface area contributed by atoms with E-state index in [4.69, 9.17) is 22.1 Å². The van der Waals surface area contributed by atoms with E-state index in [0.29, 0.717) is 35.9 Å². The first-order valence-corrected chi connectivity index (χ1v) is 13.7. The number of anilines is 1. The molecule has 2 amide bonds. The number of nitrogens with zero attached hydrogens (tertiary/aromatic N) is 4. The highest BCUT2D eigenvalue weighted by molar-refractivity contribution is 6.30. The molecule has 0 saturated heterocycles. The van der Waals surface area contributed by atoms with Gasteiger partial charge in [-0.1, -0.05) is 48.0 Å². The number of benzene rings is 3. The van der Waals surface area contributed by atoms with Gasteiger partial charge in [-0.05, 0) is 29.3 Å². The molecule has 2 atom stereocenters. The van der Waals surface area contributed by atoms with Crippen LogP contribution in [0.5, 0.6) is 5.75 Å². The Morgan fingerprint density at radius 2 is 1.88 bits per heavy atom. The predicted molar refractivity (Wildman–Crippen MR) is 158 cm³/mol. The first-order valence-electron chi connectivity index (χ1n) is 13.3. The van der Waals surface area contributed by atoms with Crippen LogP contribution < -0.4 is 20.7 Å². The van der Waals surface area contributed by atoms with Crippen molar-refractivity contribution < 1.29 is 19.2 Å². The molecule has 11 nitrogen and oxygen atoms in total. The smallest absolute Gasteiger partial charge is 0.269 e. The molecule has 0 bridgehead atoms. The van der Waals surface area contributed by atoms with Crippen molar-refractivity contribution in [1.82, 2.24) is 14.9 Å². The molecule has 0 radical (unpaired) electrons. The number of para-hydroxylation sites is 1. The fraction of sp³-hybridized carbons (Fsp3) is 0.233. The van der Waals surface area contributed by atoms with E-state index in [2.05, 4.69) is 15.2 Å². The summed E-state index contributed by atoms with van der Waals surface area (Å²) in [6.07, 6.45) is 4.35. The number of fused-ring (bicyclic) bond motifs is 1. The van der Waals surface area contributed by atoms with Gasteiger partial charge in [0.15, 0.2) is 0 Å². The van der Waals surface area contributed by atoms with Crippen LogP contribution in [0.15, 0.2) is 79.3 Å². The van der Waals surface area contributed by atoms with Gasteiger partial charge in [0.05, 0.1) is 42.2 Å². The first-order chi connectivity index (χ1) is 20.2.